The molecule has 0 atom stereocenters. The van der Waals surface area contributed by atoms with Crippen LogP contribution in [-0.2, 0) is 12.7 Å². The summed E-state index contributed by atoms with van der Waals surface area (Å²) in [6, 6.07) is 27.6. The average molecular weight is 537 g/mol. The summed E-state index contributed by atoms with van der Waals surface area (Å²) in [4.78, 5) is 4.03. The van der Waals surface area contributed by atoms with Gasteiger partial charge in [-0.3, -0.25) is 0 Å². The molecule has 0 fully saturated rings. The maximum absolute atomic E-state index is 13.5. The van der Waals surface area contributed by atoms with Gasteiger partial charge in [0.05, 0.1) is 25.0 Å². The zero-order chi connectivity index (χ0) is 26.7. The summed E-state index contributed by atoms with van der Waals surface area (Å²) in [6.07, 6.45) is -2.54. The Morgan fingerprint density at radius 1 is 0.842 bits per heavy atom. The topological polar surface area (TPSA) is 24.9 Å². The zero-order valence-electron chi connectivity index (χ0n) is 20.5. The van der Waals surface area contributed by atoms with Crippen LogP contribution in [0.3, 0.4) is 0 Å². The Hall–Kier alpha value is -4.10. The highest BCUT2D eigenvalue weighted by molar-refractivity contribution is 6.30. The lowest BCUT2D eigenvalue weighted by molar-refractivity contribution is -0.137. The summed E-state index contributed by atoms with van der Waals surface area (Å²) in [6.45, 7) is 0.974. The maximum Gasteiger partial charge on any atom is 0.416 e. The van der Waals surface area contributed by atoms with Crippen LogP contribution in [0.4, 0.5) is 18.9 Å². The first-order valence-corrected chi connectivity index (χ1v) is 12.2. The molecule has 4 nitrogen and oxygen atoms in total. The predicted octanol–water partition coefficient (Wildman–Crippen LogP) is 8.44. The molecule has 0 aromatic heterocycles. The highest BCUT2D eigenvalue weighted by atomic mass is 35.5. The number of anilines is 1. The van der Waals surface area contributed by atoms with Gasteiger partial charge in [0.25, 0.3) is 0 Å². The van der Waals surface area contributed by atoms with E-state index in [9.17, 15) is 13.2 Å². The van der Waals surface area contributed by atoms with Gasteiger partial charge in [-0.05, 0) is 66.7 Å². The Labute approximate surface area is 224 Å². The standard InChI is InChI=1S/C30H24ClF3N2O2/c1-37-29-8-3-2-5-22(29)18-35-19-28(21-6-4-7-23(17-21)30(32,33)34)36(20-35)25-11-15-27(16-12-25)38-26-13-9-24(31)10-14-26/h2-17,19H,18,20H2,1H3. The molecule has 0 amide bonds. The third kappa shape index (κ3) is 5.73. The molecule has 5 rings (SSSR count). The van der Waals surface area contributed by atoms with Crippen molar-refractivity contribution >= 4 is 23.0 Å². The Morgan fingerprint density at radius 3 is 2.21 bits per heavy atom. The van der Waals surface area contributed by atoms with E-state index >= 15 is 0 Å². The van der Waals surface area contributed by atoms with E-state index in [2.05, 4.69) is 0 Å². The van der Waals surface area contributed by atoms with Crippen molar-refractivity contribution < 1.29 is 22.6 Å². The summed E-state index contributed by atoms with van der Waals surface area (Å²) in [5.41, 5.74) is 2.25. The van der Waals surface area contributed by atoms with E-state index in [-0.39, 0.29) is 0 Å². The van der Waals surface area contributed by atoms with Crippen molar-refractivity contribution in [3.8, 4) is 17.2 Å². The van der Waals surface area contributed by atoms with Crippen molar-refractivity contribution in [1.82, 2.24) is 4.90 Å². The molecular formula is C30H24ClF3N2O2. The molecule has 0 saturated heterocycles. The summed E-state index contributed by atoms with van der Waals surface area (Å²) in [7, 11) is 1.62. The van der Waals surface area contributed by atoms with Crippen LogP contribution in [0.15, 0.2) is 103 Å². The number of halogens is 4. The van der Waals surface area contributed by atoms with Gasteiger partial charge < -0.3 is 19.3 Å². The molecule has 1 aliphatic rings. The molecule has 38 heavy (non-hydrogen) atoms. The monoisotopic (exact) mass is 536 g/mol. The second-order valence-corrected chi connectivity index (χ2v) is 9.21. The van der Waals surface area contributed by atoms with Gasteiger partial charge in [-0.1, -0.05) is 41.9 Å². The van der Waals surface area contributed by atoms with Crippen LogP contribution in [0.1, 0.15) is 16.7 Å². The largest absolute Gasteiger partial charge is 0.496 e. The minimum atomic E-state index is -4.43. The van der Waals surface area contributed by atoms with Gasteiger partial charge in [0, 0.05) is 34.6 Å². The number of hydrogen-bond acceptors (Lipinski definition) is 4. The molecule has 1 heterocycles. The minimum absolute atomic E-state index is 0.445. The summed E-state index contributed by atoms with van der Waals surface area (Å²) in [5, 5.41) is 0.619. The van der Waals surface area contributed by atoms with E-state index in [1.54, 1.807) is 37.4 Å². The van der Waals surface area contributed by atoms with E-state index in [1.165, 1.54) is 12.1 Å². The molecule has 8 heteroatoms. The van der Waals surface area contributed by atoms with Crippen molar-refractivity contribution in [3.63, 3.8) is 0 Å². The number of alkyl halides is 3. The summed E-state index contributed by atoms with van der Waals surface area (Å²) < 4.78 is 51.9. The fourth-order valence-electron chi connectivity index (χ4n) is 4.33. The number of hydrogen-bond donors (Lipinski definition) is 0. The van der Waals surface area contributed by atoms with E-state index < -0.39 is 11.7 Å². The highest BCUT2D eigenvalue weighted by Crippen LogP contribution is 2.37. The second-order valence-electron chi connectivity index (χ2n) is 8.77. The highest BCUT2D eigenvalue weighted by Gasteiger charge is 2.32. The Morgan fingerprint density at radius 2 is 1.53 bits per heavy atom. The first kappa shape index (κ1) is 25.5. The SMILES string of the molecule is COc1ccccc1CN1C=C(c2cccc(C(F)(F)F)c2)N(c2ccc(Oc3ccc(Cl)cc3)cc2)C1. The lowest BCUT2D eigenvalue weighted by Gasteiger charge is -2.25. The van der Waals surface area contributed by atoms with Gasteiger partial charge in [-0.25, -0.2) is 0 Å². The van der Waals surface area contributed by atoms with Crippen molar-refractivity contribution in [2.24, 2.45) is 0 Å². The lowest BCUT2D eigenvalue weighted by Crippen LogP contribution is -2.26. The van der Waals surface area contributed by atoms with Crippen LogP contribution >= 0.6 is 11.6 Å². The normalized spacial score (nSPS) is 13.4. The van der Waals surface area contributed by atoms with Crippen LogP contribution in [0, 0.1) is 0 Å². The van der Waals surface area contributed by atoms with Gasteiger partial charge in [-0.15, -0.1) is 0 Å². The van der Waals surface area contributed by atoms with Gasteiger partial charge in [0.2, 0.25) is 0 Å². The molecule has 0 spiro atoms. The smallest absolute Gasteiger partial charge is 0.416 e. The van der Waals surface area contributed by atoms with Crippen LogP contribution in [0.5, 0.6) is 17.2 Å². The van der Waals surface area contributed by atoms with Crippen molar-refractivity contribution in [3.05, 3.63) is 125 Å². The van der Waals surface area contributed by atoms with Crippen molar-refractivity contribution in [2.45, 2.75) is 12.7 Å². The average Bonchev–Trinajstić information content (AvgIpc) is 3.34. The van der Waals surface area contributed by atoms with E-state index in [0.29, 0.717) is 41.0 Å². The van der Waals surface area contributed by atoms with Crippen LogP contribution < -0.4 is 14.4 Å². The molecule has 4 aromatic carbocycles. The number of methoxy groups -OCH3 is 1. The lowest BCUT2D eigenvalue weighted by atomic mass is 10.1. The first-order valence-electron chi connectivity index (χ1n) is 11.9. The van der Waals surface area contributed by atoms with Gasteiger partial charge in [-0.2, -0.15) is 13.2 Å². The van der Waals surface area contributed by atoms with E-state index in [0.717, 1.165) is 23.1 Å². The quantitative estimate of drug-likeness (QED) is 0.236. The van der Waals surface area contributed by atoms with Crippen LogP contribution in [-0.4, -0.2) is 18.7 Å². The number of nitrogens with zero attached hydrogens (tertiary/aromatic N) is 2. The van der Waals surface area contributed by atoms with Crippen molar-refractivity contribution in [2.75, 3.05) is 18.7 Å². The minimum Gasteiger partial charge on any atom is -0.496 e. The maximum atomic E-state index is 13.5. The molecule has 0 saturated carbocycles. The molecule has 0 N–H and O–H groups in total. The zero-order valence-corrected chi connectivity index (χ0v) is 21.2. The molecule has 0 radical (unpaired) electrons. The van der Waals surface area contributed by atoms with Gasteiger partial charge in [0.15, 0.2) is 0 Å². The van der Waals surface area contributed by atoms with E-state index in [1.807, 2.05) is 64.5 Å². The number of ether oxygens (including phenoxy) is 2. The van der Waals surface area contributed by atoms with Crippen LogP contribution in [0.2, 0.25) is 5.02 Å². The molecule has 1 aliphatic heterocycles. The first-order chi connectivity index (χ1) is 18.3. The molecule has 194 valence electrons. The fraction of sp³-hybridized carbons (Fsp3) is 0.133. The molecule has 0 bridgehead atoms. The Balaban J connectivity index is 1.45. The number of para-hydroxylation sites is 1. The van der Waals surface area contributed by atoms with E-state index in [4.69, 9.17) is 21.1 Å². The van der Waals surface area contributed by atoms with Gasteiger partial charge in [0.1, 0.15) is 17.2 Å². The Kier molecular flexibility index (Phi) is 7.20. The third-order valence-corrected chi connectivity index (χ3v) is 6.42. The third-order valence-electron chi connectivity index (χ3n) is 6.17. The number of rotatable bonds is 7. The van der Waals surface area contributed by atoms with Crippen molar-refractivity contribution in [1.29, 1.82) is 0 Å². The molecular weight excluding hydrogens is 513 g/mol. The Bertz CT molecular complexity index is 1440. The van der Waals surface area contributed by atoms with Crippen LogP contribution in [0.25, 0.3) is 5.70 Å². The number of benzene rings is 4. The molecule has 0 aliphatic carbocycles. The summed E-state index contributed by atoms with van der Waals surface area (Å²) >= 11 is 5.95. The fourth-order valence-corrected chi connectivity index (χ4v) is 4.45. The predicted molar refractivity (Wildman–Crippen MR) is 143 cm³/mol. The molecule has 0 unspecified atom stereocenters. The second kappa shape index (κ2) is 10.7. The van der Waals surface area contributed by atoms with Gasteiger partial charge >= 0.3 is 6.18 Å². The summed E-state index contributed by atoms with van der Waals surface area (Å²) in [5.74, 6) is 2.03. The molecule has 4 aromatic rings.